The number of esters is 1. The lowest BCUT2D eigenvalue weighted by Crippen LogP contribution is -2.07. The third-order valence-electron chi connectivity index (χ3n) is 5.20. The third-order valence-corrected chi connectivity index (χ3v) is 5.20. The van der Waals surface area contributed by atoms with Crippen LogP contribution in [0, 0.1) is 6.92 Å². The van der Waals surface area contributed by atoms with Crippen molar-refractivity contribution < 1.29 is 13.9 Å². The van der Waals surface area contributed by atoms with Crippen LogP contribution in [0.2, 0.25) is 0 Å². The van der Waals surface area contributed by atoms with Crippen LogP contribution >= 0.6 is 0 Å². The van der Waals surface area contributed by atoms with Gasteiger partial charge in [0.05, 0.1) is 28.5 Å². The Morgan fingerprint density at radius 2 is 1.72 bits per heavy atom. The van der Waals surface area contributed by atoms with Gasteiger partial charge in [0.2, 0.25) is 5.89 Å². The molecule has 3 aromatic heterocycles. The van der Waals surface area contributed by atoms with Crippen molar-refractivity contribution in [3.8, 4) is 22.6 Å². The molecule has 0 aliphatic carbocycles. The molecule has 7 heteroatoms. The lowest BCUT2D eigenvalue weighted by molar-refractivity contribution is 0.0441. The Morgan fingerprint density at radius 1 is 1.03 bits per heavy atom. The number of carbonyl (C=O) groups is 1. The average Bonchev–Trinajstić information content (AvgIpc) is 3.42. The van der Waals surface area contributed by atoms with E-state index >= 15 is 0 Å². The van der Waals surface area contributed by atoms with Crippen LogP contribution in [0.1, 0.15) is 21.9 Å². The molecule has 0 atom stereocenters. The summed E-state index contributed by atoms with van der Waals surface area (Å²) in [4.78, 5) is 22.1. The van der Waals surface area contributed by atoms with E-state index < -0.39 is 5.97 Å². The quantitative estimate of drug-likeness (QED) is 0.371. The Morgan fingerprint density at radius 3 is 2.44 bits per heavy atom. The van der Waals surface area contributed by atoms with Crippen molar-refractivity contribution in [1.82, 2.24) is 19.7 Å². The number of rotatable bonds is 5. The summed E-state index contributed by atoms with van der Waals surface area (Å²) in [5.74, 6) is 0.469. The standard InChI is InChI=1S/C25H20N4O3/c1-16-23-19(13-20(17-9-5-3-6-10-17)27-24(23)29(2)28-16)25(30)31-15-22-26-14-21(32-22)18-11-7-4-8-12-18/h3-14H,15H2,1-2H3. The number of hydrogen-bond donors (Lipinski definition) is 0. The second-order valence-corrected chi connectivity index (χ2v) is 7.39. The lowest BCUT2D eigenvalue weighted by atomic mass is 10.1. The molecule has 158 valence electrons. The zero-order valence-electron chi connectivity index (χ0n) is 17.6. The van der Waals surface area contributed by atoms with Gasteiger partial charge in [-0.3, -0.25) is 4.68 Å². The van der Waals surface area contributed by atoms with E-state index in [1.54, 1.807) is 16.9 Å². The molecule has 5 rings (SSSR count). The van der Waals surface area contributed by atoms with Crippen LogP contribution in [0.3, 0.4) is 0 Å². The molecule has 0 aliphatic rings. The van der Waals surface area contributed by atoms with Crippen LogP contribution in [0.25, 0.3) is 33.6 Å². The molecule has 2 aromatic carbocycles. The predicted molar refractivity (Wildman–Crippen MR) is 120 cm³/mol. The van der Waals surface area contributed by atoms with E-state index in [1.807, 2.05) is 74.6 Å². The second-order valence-electron chi connectivity index (χ2n) is 7.39. The first-order chi connectivity index (χ1) is 15.6. The minimum Gasteiger partial charge on any atom is -0.452 e. The van der Waals surface area contributed by atoms with Crippen molar-refractivity contribution in [2.45, 2.75) is 13.5 Å². The number of benzene rings is 2. The maximum absolute atomic E-state index is 13.1. The SMILES string of the molecule is Cc1nn(C)c2nc(-c3ccccc3)cc(C(=O)OCc3ncc(-c4ccccc4)o3)c12. The Bertz CT molecular complexity index is 1410. The Balaban J connectivity index is 1.45. The molecule has 32 heavy (non-hydrogen) atoms. The first-order valence-corrected chi connectivity index (χ1v) is 10.2. The minimum absolute atomic E-state index is 0.0739. The zero-order valence-corrected chi connectivity index (χ0v) is 17.6. The van der Waals surface area contributed by atoms with E-state index in [4.69, 9.17) is 14.1 Å². The van der Waals surface area contributed by atoms with E-state index in [1.165, 1.54) is 0 Å². The summed E-state index contributed by atoms with van der Waals surface area (Å²) in [5, 5.41) is 5.11. The first-order valence-electron chi connectivity index (χ1n) is 10.2. The van der Waals surface area contributed by atoms with E-state index in [-0.39, 0.29) is 6.61 Å². The molecule has 0 saturated heterocycles. The highest BCUT2D eigenvalue weighted by Crippen LogP contribution is 2.28. The molecule has 0 fully saturated rings. The number of pyridine rings is 1. The van der Waals surface area contributed by atoms with Crippen molar-refractivity contribution in [3.63, 3.8) is 0 Å². The van der Waals surface area contributed by atoms with E-state index in [9.17, 15) is 4.79 Å². The molecule has 0 aliphatic heterocycles. The fourth-order valence-electron chi connectivity index (χ4n) is 3.68. The number of ether oxygens (including phenoxy) is 1. The molecule has 0 bridgehead atoms. The molecule has 0 saturated carbocycles. The van der Waals surface area contributed by atoms with Gasteiger partial charge >= 0.3 is 5.97 Å². The van der Waals surface area contributed by atoms with Gasteiger partial charge in [-0.1, -0.05) is 60.7 Å². The second kappa shape index (κ2) is 8.11. The summed E-state index contributed by atoms with van der Waals surface area (Å²) < 4.78 is 13.0. The van der Waals surface area contributed by atoms with Crippen LogP contribution in [0.15, 0.2) is 77.3 Å². The first kappa shape index (κ1) is 19.7. The van der Waals surface area contributed by atoms with E-state index in [2.05, 4.69) is 10.1 Å². The number of nitrogens with zero attached hydrogens (tertiary/aromatic N) is 4. The van der Waals surface area contributed by atoms with Crippen LogP contribution in [0.5, 0.6) is 0 Å². The van der Waals surface area contributed by atoms with E-state index in [0.717, 1.165) is 11.1 Å². The number of hydrogen-bond acceptors (Lipinski definition) is 6. The lowest BCUT2D eigenvalue weighted by Gasteiger charge is -2.08. The van der Waals surface area contributed by atoms with Gasteiger partial charge in [-0.05, 0) is 13.0 Å². The normalized spacial score (nSPS) is 11.1. The molecule has 0 spiro atoms. The predicted octanol–water partition coefficient (Wildman–Crippen LogP) is 4.96. The Kier molecular flexibility index (Phi) is 4.99. The van der Waals surface area contributed by atoms with Gasteiger partial charge in [0.25, 0.3) is 0 Å². The van der Waals surface area contributed by atoms with Crippen molar-refractivity contribution in [1.29, 1.82) is 0 Å². The van der Waals surface area contributed by atoms with Gasteiger partial charge in [-0.2, -0.15) is 5.10 Å². The smallest absolute Gasteiger partial charge is 0.339 e. The zero-order chi connectivity index (χ0) is 22.1. The molecular formula is C25H20N4O3. The Hall–Kier alpha value is -4.26. The van der Waals surface area contributed by atoms with Crippen molar-refractivity contribution in [2.75, 3.05) is 0 Å². The fraction of sp³-hybridized carbons (Fsp3) is 0.120. The van der Waals surface area contributed by atoms with Crippen molar-refractivity contribution in [3.05, 3.63) is 90.1 Å². The van der Waals surface area contributed by atoms with Crippen molar-refractivity contribution >= 4 is 17.0 Å². The average molecular weight is 424 g/mol. The molecule has 0 radical (unpaired) electrons. The van der Waals surface area contributed by atoms with Gasteiger partial charge in [0.1, 0.15) is 0 Å². The van der Waals surface area contributed by atoms with E-state index in [0.29, 0.717) is 39.6 Å². The highest BCUT2D eigenvalue weighted by atomic mass is 16.5. The summed E-state index contributed by atoms with van der Waals surface area (Å²) in [6.45, 7) is 1.78. The van der Waals surface area contributed by atoms with Crippen LogP contribution in [-0.4, -0.2) is 25.7 Å². The maximum atomic E-state index is 13.1. The topological polar surface area (TPSA) is 83.0 Å². The molecule has 0 N–H and O–H groups in total. The summed E-state index contributed by atoms with van der Waals surface area (Å²) in [7, 11) is 1.81. The summed E-state index contributed by atoms with van der Waals surface area (Å²) in [6.07, 6.45) is 1.63. The van der Waals surface area contributed by atoms with Gasteiger partial charge in [-0.25, -0.2) is 14.8 Å². The highest BCUT2D eigenvalue weighted by molar-refractivity contribution is 6.05. The number of carbonyl (C=O) groups excluding carboxylic acids is 1. The van der Waals surface area contributed by atoms with Gasteiger partial charge < -0.3 is 9.15 Å². The summed E-state index contributed by atoms with van der Waals surface area (Å²) in [5.41, 5.74) is 4.24. The summed E-state index contributed by atoms with van der Waals surface area (Å²) >= 11 is 0. The molecular weight excluding hydrogens is 404 g/mol. The maximum Gasteiger partial charge on any atom is 0.339 e. The molecule has 0 amide bonds. The number of oxazole rings is 1. The molecule has 3 heterocycles. The van der Waals surface area contributed by atoms with Crippen LogP contribution in [-0.2, 0) is 18.4 Å². The molecule has 7 nitrogen and oxygen atoms in total. The van der Waals surface area contributed by atoms with Crippen molar-refractivity contribution in [2.24, 2.45) is 7.05 Å². The highest BCUT2D eigenvalue weighted by Gasteiger charge is 2.21. The van der Waals surface area contributed by atoms with Crippen LogP contribution < -0.4 is 0 Å². The summed E-state index contributed by atoms with van der Waals surface area (Å²) in [6, 6.07) is 21.1. The van der Waals surface area contributed by atoms with Gasteiger partial charge in [0.15, 0.2) is 18.0 Å². The van der Waals surface area contributed by atoms with Gasteiger partial charge in [-0.15, -0.1) is 0 Å². The monoisotopic (exact) mass is 424 g/mol. The minimum atomic E-state index is -0.481. The molecule has 5 aromatic rings. The molecule has 0 unspecified atom stereocenters. The van der Waals surface area contributed by atoms with Gasteiger partial charge in [0, 0.05) is 18.2 Å². The Labute approximate surface area is 184 Å². The fourth-order valence-corrected chi connectivity index (χ4v) is 3.68. The number of aromatic nitrogens is 4. The van der Waals surface area contributed by atoms with Crippen LogP contribution in [0.4, 0.5) is 0 Å². The number of fused-ring (bicyclic) bond motifs is 1. The largest absolute Gasteiger partial charge is 0.452 e. The third kappa shape index (κ3) is 3.65. The number of aryl methyl sites for hydroxylation is 2.